The molecule has 0 aliphatic carbocycles. The Balaban J connectivity index is 1.33. The van der Waals surface area contributed by atoms with Gasteiger partial charge in [-0.05, 0) is 26.3 Å². The molecule has 1 aromatic carbocycles. The van der Waals surface area contributed by atoms with Gasteiger partial charge in [0.1, 0.15) is 18.2 Å². The zero-order valence-electron chi connectivity index (χ0n) is 22.6. The molecule has 214 valence electrons. The molecule has 0 spiro atoms. The summed E-state index contributed by atoms with van der Waals surface area (Å²) in [5.41, 5.74) is 1.32. The first kappa shape index (κ1) is 27.2. The van der Waals surface area contributed by atoms with Crippen LogP contribution < -0.4 is 5.32 Å². The molecule has 1 aromatic heterocycles. The molecular formula is C26H33N7O7. The molecule has 3 aliphatic rings. The number of carbonyl (C=O) groups excluding carboxylic acids is 3. The first-order chi connectivity index (χ1) is 19.0. The summed E-state index contributed by atoms with van der Waals surface area (Å²) in [5, 5.41) is 17.3. The van der Waals surface area contributed by atoms with Crippen molar-refractivity contribution in [1.29, 1.82) is 0 Å². The highest BCUT2D eigenvalue weighted by Gasteiger charge is 2.50. The fourth-order valence-electron chi connectivity index (χ4n) is 5.05. The molecule has 14 heteroatoms. The second-order valence-corrected chi connectivity index (χ2v) is 10.9. The van der Waals surface area contributed by atoms with Gasteiger partial charge in [-0.25, -0.2) is 19.2 Å². The van der Waals surface area contributed by atoms with Crippen molar-refractivity contribution in [1.82, 2.24) is 34.9 Å². The number of hydroxylamine groups is 2. The van der Waals surface area contributed by atoms with Gasteiger partial charge in [0, 0.05) is 44.5 Å². The molecule has 4 heterocycles. The van der Waals surface area contributed by atoms with Gasteiger partial charge in [0.25, 0.3) is 0 Å². The molecule has 0 radical (unpaired) electrons. The number of carboxylic acid groups (broad SMARTS) is 1. The number of nitrogens with zero attached hydrogens (tertiary/aromatic N) is 6. The van der Waals surface area contributed by atoms with Crippen molar-refractivity contribution in [2.75, 3.05) is 39.3 Å². The van der Waals surface area contributed by atoms with Gasteiger partial charge in [-0.2, -0.15) is 14.8 Å². The van der Waals surface area contributed by atoms with Crippen LogP contribution in [0.1, 0.15) is 49.7 Å². The Hall–Kier alpha value is -4.33. The van der Waals surface area contributed by atoms with Gasteiger partial charge in [-0.1, -0.05) is 30.3 Å². The average molecular weight is 556 g/mol. The number of hydrogen-bond acceptors (Lipinski definition) is 7. The third-order valence-electron chi connectivity index (χ3n) is 6.97. The largest absolute Gasteiger partial charge is 0.465 e. The second kappa shape index (κ2) is 10.7. The highest BCUT2D eigenvalue weighted by molar-refractivity contribution is 5.80. The zero-order valence-corrected chi connectivity index (χ0v) is 22.6. The van der Waals surface area contributed by atoms with E-state index >= 15 is 0 Å². The molecular weight excluding hydrogens is 522 g/mol. The third-order valence-corrected chi connectivity index (χ3v) is 6.97. The van der Waals surface area contributed by atoms with Gasteiger partial charge in [0.05, 0.1) is 18.3 Å². The fourth-order valence-corrected chi connectivity index (χ4v) is 5.05. The van der Waals surface area contributed by atoms with Gasteiger partial charge in [0.15, 0.2) is 0 Å². The number of nitrogens with one attached hydrogen (secondary N) is 1. The molecule has 5 amide bonds. The lowest BCUT2D eigenvalue weighted by molar-refractivity contribution is -0.141. The monoisotopic (exact) mass is 555 g/mol. The Kier molecular flexibility index (Phi) is 7.27. The number of hydrogen-bond donors (Lipinski definition) is 2. The van der Waals surface area contributed by atoms with Crippen LogP contribution in [0.25, 0.3) is 0 Å². The van der Waals surface area contributed by atoms with Crippen LogP contribution in [-0.2, 0) is 16.2 Å². The smallest absolute Gasteiger partial charge is 0.410 e. The van der Waals surface area contributed by atoms with Crippen LogP contribution in [0.4, 0.5) is 19.2 Å². The van der Waals surface area contributed by atoms with E-state index in [4.69, 9.17) is 9.57 Å². The van der Waals surface area contributed by atoms with Crippen molar-refractivity contribution >= 4 is 24.2 Å². The lowest BCUT2D eigenvalue weighted by atomic mass is 9.98. The van der Waals surface area contributed by atoms with Crippen LogP contribution in [0, 0.1) is 0 Å². The van der Waals surface area contributed by atoms with Gasteiger partial charge >= 0.3 is 24.2 Å². The van der Waals surface area contributed by atoms with E-state index in [1.807, 2.05) is 30.3 Å². The van der Waals surface area contributed by atoms with Gasteiger partial charge in [0.2, 0.25) is 0 Å². The van der Waals surface area contributed by atoms with E-state index < -0.39 is 35.9 Å². The molecule has 3 aliphatic heterocycles. The molecule has 2 aromatic rings. The molecule has 2 atom stereocenters. The molecule has 40 heavy (non-hydrogen) atoms. The van der Waals surface area contributed by atoms with E-state index in [0.717, 1.165) is 5.56 Å². The van der Waals surface area contributed by atoms with Crippen LogP contribution in [0.2, 0.25) is 0 Å². The number of benzene rings is 1. The molecule has 5 rings (SSSR count). The fraction of sp³-hybridized carbons (Fsp3) is 0.500. The lowest BCUT2D eigenvalue weighted by Crippen LogP contribution is -2.52. The van der Waals surface area contributed by atoms with Crippen molar-refractivity contribution in [3.8, 4) is 0 Å². The van der Waals surface area contributed by atoms with Crippen LogP contribution in [0.15, 0.2) is 36.5 Å². The summed E-state index contributed by atoms with van der Waals surface area (Å²) in [5.74, 6) is 0. The summed E-state index contributed by atoms with van der Waals surface area (Å²) < 4.78 is 6.65. The summed E-state index contributed by atoms with van der Waals surface area (Å²) in [6, 6.07) is 7.41. The second-order valence-electron chi connectivity index (χ2n) is 10.9. The summed E-state index contributed by atoms with van der Waals surface area (Å²) in [6.45, 7) is 6.97. The minimum Gasteiger partial charge on any atom is -0.465 e. The summed E-state index contributed by atoms with van der Waals surface area (Å²) in [6.07, 6.45) is -0.0651. The number of fused-ring (bicyclic) bond motifs is 4. The molecule has 2 N–H and O–H groups in total. The van der Waals surface area contributed by atoms with E-state index in [9.17, 15) is 24.3 Å². The Morgan fingerprint density at radius 1 is 1.07 bits per heavy atom. The average Bonchev–Trinajstić information content (AvgIpc) is 3.48. The summed E-state index contributed by atoms with van der Waals surface area (Å²) in [4.78, 5) is 60.9. The molecule has 14 nitrogen and oxygen atoms in total. The Morgan fingerprint density at radius 2 is 1.75 bits per heavy atom. The number of ether oxygens (including phenoxy) is 1. The van der Waals surface area contributed by atoms with Gasteiger partial charge in [-0.15, -0.1) is 0 Å². The number of piperazine rings is 1. The molecule has 0 saturated carbocycles. The zero-order chi connectivity index (χ0) is 28.6. The van der Waals surface area contributed by atoms with Crippen LogP contribution in [0.3, 0.4) is 0 Å². The van der Waals surface area contributed by atoms with Gasteiger partial charge in [-0.3, -0.25) is 4.84 Å². The first-order valence-electron chi connectivity index (χ1n) is 13.1. The SMILES string of the molecule is CC(C)(C)OC(=O)N1CCN(C(=O)n2cc3c(n2)C(CNC(=O)O)N2CC3N(OCc3ccccc3)C2=O)CC1. The predicted octanol–water partition coefficient (Wildman–Crippen LogP) is 2.64. The van der Waals surface area contributed by atoms with Gasteiger partial charge < -0.3 is 29.9 Å². The Morgan fingerprint density at radius 3 is 2.40 bits per heavy atom. The van der Waals surface area contributed by atoms with Crippen LogP contribution in [0.5, 0.6) is 0 Å². The highest BCUT2D eigenvalue weighted by atomic mass is 16.7. The Bertz CT molecular complexity index is 1280. The maximum Gasteiger partial charge on any atom is 0.410 e. The van der Waals surface area contributed by atoms with Crippen molar-refractivity contribution in [2.24, 2.45) is 0 Å². The van der Waals surface area contributed by atoms with E-state index in [0.29, 0.717) is 37.4 Å². The summed E-state index contributed by atoms with van der Waals surface area (Å²) in [7, 11) is 0. The molecule has 2 bridgehead atoms. The van der Waals surface area contributed by atoms with E-state index in [1.165, 1.54) is 14.6 Å². The lowest BCUT2D eigenvalue weighted by Gasteiger charge is -2.35. The highest BCUT2D eigenvalue weighted by Crippen LogP contribution is 2.43. The number of aromatic nitrogens is 2. The van der Waals surface area contributed by atoms with E-state index in [1.54, 1.807) is 36.8 Å². The molecule has 2 unspecified atom stereocenters. The van der Waals surface area contributed by atoms with Crippen molar-refractivity contribution < 1.29 is 33.9 Å². The number of urea groups is 1. The predicted molar refractivity (Wildman–Crippen MR) is 139 cm³/mol. The van der Waals surface area contributed by atoms with E-state index in [-0.39, 0.29) is 25.7 Å². The maximum absolute atomic E-state index is 13.4. The number of rotatable bonds is 5. The molecule has 2 fully saturated rings. The maximum atomic E-state index is 13.4. The summed E-state index contributed by atoms with van der Waals surface area (Å²) >= 11 is 0. The third kappa shape index (κ3) is 5.52. The van der Waals surface area contributed by atoms with Crippen molar-refractivity contribution in [2.45, 2.75) is 45.1 Å². The minimum absolute atomic E-state index is 0.0902. The van der Waals surface area contributed by atoms with Crippen LogP contribution >= 0.6 is 0 Å². The van der Waals surface area contributed by atoms with Crippen molar-refractivity contribution in [3.05, 3.63) is 53.3 Å². The van der Waals surface area contributed by atoms with Crippen molar-refractivity contribution in [3.63, 3.8) is 0 Å². The number of amides is 5. The quantitative estimate of drug-likeness (QED) is 0.572. The standard InChI is InChI=1S/C26H33N7O7/c1-26(2,3)40-25(38)30-11-9-29(10-12-30)23(36)32-14-18-20-15-31(19(21(18)28-32)13-27-22(34)35)24(37)33(20)39-16-17-7-5-4-6-8-17/h4-8,14,19-20,27H,9-13,15-16H2,1-3H3,(H,34,35). The first-order valence-corrected chi connectivity index (χ1v) is 13.1. The minimum atomic E-state index is -1.23. The van der Waals surface area contributed by atoms with E-state index in [2.05, 4.69) is 10.4 Å². The Labute approximate surface area is 230 Å². The topological polar surface area (TPSA) is 150 Å². The normalized spacial score (nSPS) is 20.4. The van der Waals surface area contributed by atoms with Crippen LogP contribution in [-0.4, -0.2) is 104 Å². The number of carbonyl (C=O) groups is 4. The molecule has 2 saturated heterocycles.